The average Bonchev–Trinajstić information content (AvgIpc) is 2.41. The Balaban J connectivity index is 2.57. The Morgan fingerprint density at radius 2 is 2.11 bits per heavy atom. The maximum Gasteiger partial charge on any atom is 0.213 e. The number of aromatic nitrogens is 3. The number of hydrogen-bond donors (Lipinski definition) is 0. The van der Waals surface area contributed by atoms with Crippen molar-refractivity contribution in [2.24, 2.45) is 0 Å². The molecule has 0 fully saturated rings. The minimum absolute atomic E-state index is 0.532. The van der Waals surface area contributed by atoms with Crippen LogP contribution < -0.4 is 15.3 Å². The Labute approximate surface area is 105 Å². The summed E-state index contributed by atoms with van der Waals surface area (Å²) in [6.07, 6.45) is 5.12. The van der Waals surface area contributed by atoms with Gasteiger partial charge >= 0.3 is 0 Å². The van der Waals surface area contributed by atoms with Crippen molar-refractivity contribution in [2.45, 2.75) is 0 Å². The number of pyridine rings is 1. The molecule has 4 nitrogen and oxygen atoms in total. The Kier molecular flexibility index (Phi) is 3.48. The van der Waals surface area contributed by atoms with Gasteiger partial charge < -0.3 is 4.74 Å². The fourth-order valence-corrected chi connectivity index (χ4v) is 1.45. The van der Waals surface area contributed by atoms with E-state index >= 15 is 0 Å². The van der Waals surface area contributed by atoms with Gasteiger partial charge in [-0.3, -0.25) is 0 Å². The molecular formula is C14H13N3O. The molecular weight excluding hydrogens is 226 g/mol. The number of nitrogens with zero attached hydrogens (tertiary/aromatic N) is 3. The van der Waals surface area contributed by atoms with Gasteiger partial charge in [-0.25, -0.2) is 15.0 Å². The molecule has 0 aromatic carbocycles. The van der Waals surface area contributed by atoms with Gasteiger partial charge in [0, 0.05) is 17.5 Å². The first-order chi connectivity index (χ1) is 8.74. The molecule has 4 heteroatoms. The molecule has 0 aliphatic carbocycles. The molecule has 0 saturated carbocycles. The Hall–Kier alpha value is -2.49. The highest BCUT2D eigenvalue weighted by Crippen LogP contribution is 2.13. The molecule has 0 aliphatic rings. The SMILES string of the molecule is C=C/C=c1/nc(-c2cccc(OC)n2)ncc1=C. The summed E-state index contributed by atoms with van der Waals surface area (Å²) in [6, 6.07) is 5.45. The van der Waals surface area contributed by atoms with Gasteiger partial charge in [-0.2, -0.15) is 0 Å². The van der Waals surface area contributed by atoms with E-state index in [-0.39, 0.29) is 0 Å². The van der Waals surface area contributed by atoms with Crippen LogP contribution in [0.1, 0.15) is 0 Å². The summed E-state index contributed by atoms with van der Waals surface area (Å²) >= 11 is 0. The second-order valence-corrected chi connectivity index (χ2v) is 3.57. The van der Waals surface area contributed by atoms with Crippen LogP contribution in [-0.2, 0) is 0 Å². The first kappa shape index (κ1) is 12.0. The molecule has 0 amide bonds. The lowest BCUT2D eigenvalue weighted by molar-refractivity contribution is 0.398. The zero-order valence-corrected chi connectivity index (χ0v) is 10.1. The first-order valence-electron chi connectivity index (χ1n) is 5.41. The molecule has 18 heavy (non-hydrogen) atoms. The van der Waals surface area contributed by atoms with E-state index in [1.54, 1.807) is 31.5 Å². The van der Waals surface area contributed by atoms with E-state index in [9.17, 15) is 0 Å². The topological polar surface area (TPSA) is 47.9 Å². The first-order valence-corrected chi connectivity index (χ1v) is 5.41. The number of ether oxygens (including phenoxy) is 1. The maximum absolute atomic E-state index is 5.07. The number of hydrogen-bond acceptors (Lipinski definition) is 4. The van der Waals surface area contributed by atoms with Gasteiger partial charge in [0.15, 0.2) is 5.82 Å². The zero-order chi connectivity index (χ0) is 13.0. The largest absolute Gasteiger partial charge is 0.481 e. The van der Waals surface area contributed by atoms with E-state index in [0.717, 1.165) is 10.6 Å². The van der Waals surface area contributed by atoms with Crippen LogP contribution in [0.3, 0.4) is 0 Å². The third-order valence-corrected chi connectivity index (χ3v) is 2.34. The minimum Gasteiger partial charge on any atom is -0.481 e. The van der Waals surface area contributed by atoms with Gasteiger partial charge in [0.1, 0.15) is 5.69 Å². The third-order valence-electron chi connectivity index (χ3n) is 2.34. The minimum atomic E-state index is 0.532. The van der Waals surface area contributed by atoms with E-state index < -0.39 is 0 Å². The molecule has 2 aromatic heterocycles. The van der Waals surface area contributed by atoms with E-state index in [4.69, 9.17) is 4.74 Å². The van der Waals surface area contributed by atoms with E-state index in [1.807, 2.05) is 12.1 Å². The van der Waals surface area contributed by atoms with Crippen LogP contribution in [-0.4, -0.2) is 22.1 Å². The molecule has 90 valence electrons. The Morgan fingerprint density at radius 3 is 2.83 bits per heavy atom. The second kappa shape index (κ2) is 5.23. The molecule has 2 heterocycles. The molecule has 0 saturated heterocycles. The molecule has 0 bridgehead atoms. The summed E-state index contributed by atoms with van der Waals surface area (Å²) in [4.78, 5) is 12.9. The highest BCUT2D eigenvalue weighted by atomic mass is 16.5. The van der Waals surface area contributed by atoms with E-state index in [1.165, 1.54) is 0 Å². The van der Waals surface area contributed by atoms with Crippen molar-refractivity contribution in [3.63, 3.8) is 0 Å². The lowest BCUT2D eigenvalue weighted by Gasteiger charge is -2.02. The lowest BCUT2D eigenvalue weighted by Crippen LogP contribution is -2.28. The van der Waals surface area contributed by atoms with Crippen LogP contribution in [0.4, 0.5) is 0 Å². The Morgan fingerprint density at radius 1 is 1.28 bits per heavy atom. The molecule has 2 aromatic rings. The molecule has 0 N–H and O–H groups in total. The van der Waals surface area contributed by atoms with Gasteiger partial charge in [0.25, 0.3) is 0 Å². The van der Waals surface area contributed by atoms with Crippen molar-refractivity contribution in [3.05, 3.63) is 47.6 Å². The van der Waals surface area contributed by atoms with E-state index in [2.05, 4.69) is 28.1 Å². The fourth-order valence-electron chi connectivity index (χ4n) is 1.45. The van der Waals surface area contributed by atoms with Crippen LogP contribution in [0.15, 0.2) is 37.1 Å². The molecule has 0 atom stereocenters. The lowest BCUT2D eigenvalue weighted by atomic mass is 10.3. The highest BCUT2D eigenvalue weighted by molar-refractivity contribution is 5.50. The zero-order valence-electron chi connectivity index (χ0n) is 10.1. The van der Waals surface area contributed by atoms with Crippen LogP contribution in [0.5, 0.6) is 5.88 Å². The normalized spacial score (nSPS) is 11.3. The summed E-state index contributed by atoms with van der Waals surface area (Å²) in [5, 5.41) is 1.49. The maximum atomic E-state index is 5.07. The average molecular weight is 239 g/mol. The molecule has 2 rings (SSSR count). The van der Waals surface area contributed by atoms with Crippen molar-refractivity contribution >= 4 is 12.7 Å². The van der Waals surface area contributed by atoms with Crippen LogP contribution in [0.2, 0.25) is 0 Å². The Bertz CT molecular complexity index is 680. The summed E-state index contributed by atoms with van der Waals surface area (Å²) < 4.78 is 5.07. The fraction of sp³-hybridized carbons (Fsp3) is 0.0714. The van der Waals surface area contributed by atoms with Crippen LogP contribution >= 0.6 is 0 Å². The summed E-state index contributed by atoms with van der Waals surface area (Å²) in [7, 11) is 1.57. The monoisotopic (exact) mass is 239 g/mol. The number of rotatable bonds is 3. The van der Waals surface area contributed by atoms with Crippen molar-refractivity contribution in [1.29, 1.82) is 0 Å². The molecule has 0 spiro atoms. The van der Waals surface area contributed by atoms with Gasteiger partial charge in [0.2, 0.25) is 5.88 Å². The smallest absolute Gasteiger partial charge is 0.213 e. The van der Waals surface area contributed by atoms with Crippen LogP contribution in [0, 0.1) is 0 Å². The number of allylic oxidation sites excluding steroid dienone is 1. The van der Waals surface area contributed by atoms with Crippen molar-refractivity contribution < 1.29 is 4.74 Å². The molecule has 0 radical (unpaired) electrons. The summed E-state index contributed by atoms with van der Waals surface area (Å²) in [5.74, 6) is 1.07. The standard InChI is InChI=1S/C14H13N3O/c1-4-6-11-10(2)9-15-14(17-11)12-7-5-8-13(16-12)18-3/h4-9H,1-2H2,3H3/b11-6+. The van der Waals surface area contributed by atoms with E-state index in [0.29, 0.717) is 17.4 Å². The van der Waals surface area contributed by atoms with Gasteiger partial charge in [0.05, 0.1) is 12.5 Å². The molecule has 0 aliphatic heterocycles. The van der Waals surface area contributed by atoms with Gasteiger partial charge in [-0.1, -0.05) is 25.3 Å². The predicted octanol–water partition coefficient (Wildman–Crippen LogP) is 0.924. The summed E-state index contributed by atoms with van der Waals surface area (Å²) in [6.45, 7) is 7.51. The molecule has 0 unspecified atom stereocenters. The van der Waals surface area contributed by atoms with Crippen molar-refractivity contribution in [3.8, 4) is 17.4 Å². The predicted molar refractivity (Wildman–Crippen MR) is 71.2 cm³/mol. The highest BCUT2D eigenvalue weighted by Gasteiger charge is 2.03. The summed E-state index contributed by atoms with van der Waals surface area (Å²) in [5.41, 5.74) is 0.660. The van der Waals surface area contributed by atoms with Gasteiger partial charge in [-0.05, 0) is 12.1 Å². The van der Waals surface area contributed by atoms with Crippen LogP contribution in [0.25, 0.3) is 24.2 Å². The number of methoxy groups -OCH3 is 1. The van der Waals surface area contributed by atoms with Crippen molar-refractivity contribution in [2.75, 3.05) is 7.11 Å². The van der Waals surface area contributed by atoms with Gasteiger partial charge in [-0.15, -0.1) is 0 Å². The van der Waals surface area contributed by atoms with Crippen molar-refractivity contribution in [1.82, 2.24) is 15.0 Å². The third kappa shape index (κ3) is 2.43. The second-order valence-electron chi connectivity index (χ2n) is 3.57. The quantitative estimate of drug-likeness (QED) is 0.799.